The van der Waals surface area contributed by atoms with E-state index >= 15 is 0 Å². The van der Waals surface area contributed by atoms with Gasteiger partial charge in [0.25, 0.3) is 0 Å². The second-order valence-corrected chi connectivity index (χ2v) is 8.02. The zero-order chi connectivity index (χ0) is 17.9. The minimum absolute atomic E-state index is 0.00754. The fourth-order valence-corrected chi connectivity index (χ4v) is 4.56. The Balaban J connectivity index is 1.40. The molecule has 0 unspecified atom stereocenters. The lowest BCUT2D eigenvalue weighted by Crippen LogP contribution is -2.46. The summed E-state index contributed by atoms with van der Waals surface area (Å²) in [6.45, 7) is 0.811. The Hall–Kier alpha value is -2.34. The SMILES string of the molecule is O=C1Cc2cc(NC(=O)N3CCCC[C@H]3CCc3cccs3)ccc2N1. The van der Waals surface area contributed by atoms with Gasteiger partial charge in [0.15, 0.2) is 0 Å². The Bertz CT molecular complexity index is 803. The van der Waals surface area contributed by atoms with Crippen molar-refractivity contribution in [2.45, 2.75) is 44.6 Å². The quantitative estimate of drug-likeness (QED) is 0.846. The molecule has 0 spiro atoms. The van der Waals surface area contributed by atoms with Gasteiger partial charge in [0.05, 0.1) is 6.42 Å². The molecule has 2 N–H and O–H groups in total. The number of likely N-dealkylation sites (tertiary alicyclic amines) is 1. The van der Waals surface area contributed by atoms with Gasteiger partial charge >= 0.3 is 6.03 Å². The molecule has 1 aromatic heterocycles. The van der Waals surface area contributed by atoms with Crippen molar-refractivity contribution in [1.82, 2.24) is 4.90 Å². The van der Waals surface area contributed by atoms with Crippen molar-refractivity contribution >= 4 is 34.6 Å². The van der Waals surface area contributed by atoms with Crippen LogP contribution in [0, 0.1) is 0 Å². The van der Waals surface area contributed by atoms with Crippen molar-refractivity contribution in [3.63, 3.8) is 0 Å². The number of hydrogen-bond acceptors (Lipinski definition) is 3. The highest BCUT2D eigenvalue weighted by molar-refractivity contribution is 7.09. The number of piperidine rings is 1. The fourth-order valence-electron chi connectivity index (χ4n) is 3.83. The van der Waals surface area contributed by atoms with E-state index in [1.54, 1.807) is 11.3 Å². The molecule has 1 saturated heterocycles. The number of amides is 3. The normalized spacial score (nSPS) is 19.2. The van der Waals surface area contributed by atoms with Crippen molar-refractivity contribution in [1.29, 1.82) is 0 Å². The maximum Gasteiger partial charge on any atom is 0.322 e. The second kappa shape index (κ2) is 7.50. The van der Waals surface area contributed by atoms with Crippen LogP contribution in [-0.4, -0.2) is 29.4 Å². The Morgan fingerprint density at radius 2 is 2.23 bits per heavy atom. The second-order valence-electron chi connectivity index (χ2n) is 6.99. The third-order valence-corrected chi connectivity index (χ3v) is 6.11. The van der Waals surface area contributed by atoms with Gasteiger partial charge in [-0.3, -0.25) is 4.79 Å². The summed E-state index contributed by atoms with van der Waals surface area (Å²) in [5, 5.41) is 7.95. The molecule has 2 aliphatic heterocycles. The molecule has 0 bridgehead atoms. The van der Waals surface area contributed by atoms with Gasteiger partial charge in [-0.1, -0.05) is 6.07 Å². The number of hydrogen-bond donors (Lipinski definition) is 2. The summed E-state index contributed by atoms with van der Waals surface area (Å²) in [6.07, 6.45) is 5.74. The van der Waals surface area contributed by atoms with E-state index in [-0.39, 0.29) is 11.9 Å². The molecule has 6 heteroatoms. The van der Waals surface area contributed by atoms with Crippen LogP contribution in [0.25, 0.3) is 0 Å². The summed E-state index contributed by atoms with van der Waals surface area (Å²) < 4.78 is 0. The van der Waals surface area contributed by atoms with Crippen LogP contribution in [0.15, 0.2) is 35.7 Å². The number of anilines is 2. The van der Waals surface area contributed by atoms with Crippen LogP contribution in [0.3, 0.4) is 0 Å². The van der Waals surface area contributed by atoms with Gasteiger partial charge in [0, 0.05) is 28.8 Å². The number of nitrogens with zero attached hydrogens (tertiary/aromatic N) is 1. The molecule has 2 aliphatic rings. The number of carbonyl (C=O) groups excluding carboxylic acids is 2. The summed E-state index contributed by atoms with van der Waals surface area (Å²) in [4.78, 5) is 27.7. The molecule has 1 fully saturated rings. The van der Waals surface area contributed by atoms with Crippen molar-refractivity contribution in [3.05, 3.63) is 46.2 Å². The van der Waals surface area contributed by atoms with Gasteiger partial charge in [0.2, 0.25) is 5.91 Å². The summed E-state index contributed by atoms with van der Waals surface area (Å²) in [6, 6.07) is 10.1. The molecule has 1 atom stereocenters. The van der Waals surface area contributed by atoms with Crippen LogP contribution in [0.2, 0.25) is 0 Å². The molecule has 2 aromatic rings. The Kier molecular flexibility index (Phi) is 4.93. The number of rotatable bonds is 4. The molecule has 4 rings (SSSR count). The first-order valence-electron chi connectivity index (χ1n) is 9.22. The summed E-state index contributed by atoms with van der Waals surface area (Å²) in [5.41, 5.74) is 2.55. The molecule has 26 heavy (non-hydrogen) atoms. The molecule has 3 amide bonds. The predicted molar refractivity (Wildman–Crippen MR) is 105 cm³/mol. The van der Waals surface area contributed by atoms with Crippen molar-refractivity contribution < 1.29 is 9.59 Å². The minimum atomic E-state index is -0.0295. The van der Waals surface area contributed by atoms with Gasteiger partial charge in [-0.05, 0) is 67.3 Å². The minimum Gasteiger partial charge on any atom is -0.326 e. The molecule has 0 saturated carbocycles. The molecule has 0 aliphatic carbocycles. The third-order valence-electron chi connectivity index (χ3n) is 5.17. The number of aryl methyl sites for hydroxylation is 1. The predicted octanol–water partition coefficient (Wildman–Crippen LogP) is 4.26. The molecule has 5 nitrogen and oxygen atoms in total. The molecule has 136 valence electrons. The van der Waals surface area contributed by atoms with Gasteiger partial charge in [-0.15, -0.1) is 11.3 Å². The number of nitrogens with one attached hydrogen (secondary N) is 2. The summed E-state index contributed by atoms with van der Waals surface area (Å²) >= 11 is 1.78. The van der Waals surface area contributed by atoms with Crippen LogP contribution in [0.4, 0.5) is 16.2 Å². The first kappa shape index (κ1) is 17.1. The maximum atomic E-state index is 12.8. The highest BCUT2D eigenvalue weighted by atomic mass is 32.1. The first-order chi connectivity index (χ1) is 12.7. The zero-order valence-corrected chi connectivity index (χ0v) is 15.5. The highest BCUT2D eigenvalue weighted by Crippen LogP contribution is 2.27. The van der Waals surface area contributed by atoms with Gasteiger partial charge < -0.3 is 15.5 Å². The van der Waals surface area contributed by atoms with Crippen LogP contribution in [0.1, 0.15) is 36.1 Å². The summed E-state index contributed by atoms with van der Waals surface area (Å²) in [5.74, 6) is 0.00754. The van der Waals surface area contributed by atoms with E-state index in [4.69, 9.17) is 0 Å². The smallest absolute Gasteiger partial charge is 0.322 e. The Labute approximate surface area is 157 Å². The average molecular weight is 369 g/mol. The standard InChI is InChI=1S/C20H23N3O2S/c24-19-13-14-12-15(6-9-18(14)22-19)21-20(25)23-10-2-1-4-16(23)7-8-17-5-3-11-26-17/h3,5-6,9,11-12,16H,1-2,4,7-8,10,13H2,(H,21,25)(H,22,24)/t16-/m0/s1. The molecule has 1 aromatic carbocycles. The van der Waals surface area contributed by atoms with Gasteiger partial charge in [0.1, 0.15) is 0 Å². The van der Waals surface area contributed by atoms with Crippen LogP contribution >= 0.6 is 11.3 Å². The number of fused-ring (bicyclic) bond motifs is 1. The number of urea groups is 1. The number of carbonyl (C=O) groups is 2. The van der Waals surface area contributed by atoms with E-state index in [0.29, 0.717) is 12.5 Å². The van der Waals surface area contributed by atoms with E-state index in [9.17, 15) is 9.59 Å². The average Bonchev–Trinajstić information content (AvgIpc) is 3.28. The molecule has 0 radical (unpaired) electrons. The third kappa shape index (κ3) is 3.75. The number of benzene rings is 1. The van der Waals surface area contributed by atoms with E-state index < -0.39 is 0 Å². The number of thiophene rings is 1. The lowest BCUT2D eigenvalue weighted by atomic mass is 9.98. The van der Waals surface area contributed by atoms with Crippen molar-refractivity contribution in [2.75, 3.05) is 17.2 Å². The summed E-state index contributed by atoms with van der Waals surface area (Å²) in [7, 11) is 0. The Morgan fingerprint density at radius 3 is 3.08 bits per heavy atom. The Morgan fingerprint density at radius 1 is 1.31 bits per heavy atom. The monoisotopic (exact) mass is 369 g/mol. The molecular formula is C20H23N3O2S. The van der Waals surface area contributed by atoms with Gasteiger partial charge in [-0.25, -0.2) is 4.79 Å². The van der Waals surface area contributed by atoms with Crippen LogP contribution < -0.4 is 10.6 Å². The first-order valence-corrected chi connectivity index (χ1v) is 10.1. The largest absolute Gasteiger partial charge is 0.326 e. The van der Waals surface area contributed by atoms with E-state index in [1.165, 1.54) is 11.3 Å². The van der Waals surface area contributed by atoms with E-state index in [0.717, 1.165) is 49.2 Å². The molecular weight excluding hydrogens is 346 g/mol. The topological polar surface area (TPSA) is 61.4 Å². The van der Waals surface area contributed by atoms with Crippen molar-refractivity contribution in [3.8, 4) is 0 Å². The lowest BCUT2D eigenvalue weighted by Gasteiger charge is -2.35. The van der Waals surface area contributed by atoms with Crippen LogP contribution in [0.5, 0.6) is 0 Å². The lowest BCUT2D eigenvalue weighted by molar-refractivity contribution is -0.115. The maximum absolute atomic E-state index is 12.8. The fraction of sp³-hybridized carbons (Fsp3) is 0.400. The van der Waals surface area contributed by atoms with Gasteiger partial charge in [-0.2, -0.15) is 0 Å². The van der Waals surface area contributed by atoms with E-state index in [2.05, 4.69) is 28.1 Å². The van der Waals surface area contributed by atoms with Crippen LogP contribution in [-0.2, 0) is 17.6 Å². The van der Waals surface area contributed by atoms with Crippen molar-refractivity contribution in [2.24, 2.45) is 0 Å². The highest BCUT2D eigenvalue weighted by Gasteiger charge is 2.27. The molecule has 3 heterocycles. The van der Waals surface area contributed by atoms with E-state index in [1.807, 2.05) is 23.1 Å². The zero-order valence-electron chi connectivity index (χ0n) is 14.7.